The number of para-hydroxylation sites is 1. The maximum Gasteiger partial charge on any atom is 0.230 e. The van der Waals surface area contributed by atoms with Crippen LogP contribution in [0.25, 0.3) is 0 Å². The molecule has 1 fully saturated rings. The van der Waals surface area contributed by atoms with E-state index in [0.29, 0.717) is 5.82 Å². The van der Waals surface area contributed by atoms with Crippen molar-refractivity contribution < 1.29 is 4.79 Å². The zero-order valence-electron chi connectivity index (χ0n) is 11.5. The average Bonchev–Trinajstić information content (AvgIpc) is 2.93. The largest absolute Gasteiger partial charge is 0.368 e. The third kappa shape index (κ3) is 2.32. The molecule has 5 heteroatoms. The van der Waals surface area contributed by atoms with E-state index in [4.69, 9.17) is 0 Å². The quantitative estimate of drug-likeness (QED) is 0.847. The number of hydrogen-bond donors (Lipinski definition) is 1. The van der Waals surface area contributed by atoms with Gasteiger partial charge in [-0.2, -0.15) is 0 Å². The summed E-state index contributed by atoms with van der Waals surface area (Å²) in [5.74, 6) is 0.458. The van der Waals surface area contributed by atoms with Crippen molar-refractivity contribution >= 4 is 11.5 Å². The lowest BCUT2D eigenvalue weighted by molar-refractivity contribution is 0.102. The molecule has 0 saturated carbocycles. The number of rotatable bonds is 3. The minimum atomic E-state index is -0.0216. The molecule has 1 aromatic heterocycles. The number of piperazine rings is 1. The number of imidazole rings is 1. The van der Waals surface area contributed by atoms with E-state index in [1.165, 1.54) is 0 Å². The summed E-state index contributed by atoms with van der Waals surface area (Å²) in [5.41, 5.74) is 1.73. The lowest BCUT2D eigenvalue weighted by Gasteiger charge is -2.30. The molecule has 0 unspecified atom stereocenters. The second-order valence-electron chi connectivity index (χ2n) is 4.95. The van der Waals surface area contributed by atoms with Gasteiger partial charge in [0.05, 0.1) is 0 Å². The molecule has 1 saturated heterocycles. The van der Waals surface area contributed by atoms with E-state index in [-0.39, 0.29) is 5.78 Å². The molecule has 0 radical (unpaired) electrons. The predicted octanol–water partition coefficient (Wildman–Crippen LogP) is 1.06. The molecule has 1 aliphatic rings. The number of nitrogens with zero attached hydrogens (tertiary/aromatic N) is 3. The van der Waals surface area contributed by atoms with Gasteiger partial charge in [0.25, 0.3) is 0 Å². The Kier molecular flexibility index (Phi) is 3.52. The van der Waals surface area contributed by atoms with Crippen LogP contribution in [-0.4, -0.2) is 41.5 Å². The number of benzene rings is 1. The molecule has 1 aliphatic heterocycles. The highest BCUT2D eigenvalue weighted by molar-refractivity contribution is 6.10. The third-order valence-electron chi connectivity index (χ3n) is 3.63. The van der Waals surface area contributed by atoms with Crippen molar-refractivity contribution in [2.24, 2.45) is 7.05 Å². The van der Waals surface area contributed by atoms with E-state index in [0.717, 1.165) is 37.4 Å². The number of nitrogens with one attached hydrogen (secondary N) is 1. The lowest BCUT2D eigenvalue weighted by atomic mass is 10.1. The van der Waals surface area contributed by atoms with E-state index in [2.05, 4.69) is 15.2 Å². The minimum absolute atomic E-state index is 0.0216. The average molecular weight is 270 g/mol. The highest BCUT2D eigenvalue weighted by atomic mass is 16.1. The van der Waals surface area contributed by atoms with Gasteiger partial charge in [-0.1, -0.05) is 12.1 Å². The number of hydrogen-bond acceptors (Lipinski definition) is 4. The smallest absolute Gasteiger partial charge is 0.230 e. The maximum absolute atomic E-state index is 12.7. The molecule has 0 atom stereocenters. The Morgan fingerprint density at radius 1 is 1.25 bits per heavy atom. The van der Waals surface area contributed by atoms with Crippen LogP contribution >= 0.6 is 0 Å². The molecule has 5 nitrogen and oxygen atoms in total. The third-order valence-corrected chi connectivity index (χ3v) is 3.63. The Hall–Kier alpha value is -2.14. The normalized spacial score (nSPS) is 15.3. The molecular formula is C15H18N4O. The Bertz CT molecular complexity index is 614. The van der Waals surface area contributed by atoms with Crippen LogP contribution in [0.1, 0.15) is 16.2 Å². The summed E-state index contributed by atoms with van der Waals surface area (Å²) in [6.45, 7) is 3.74. The van der Waals surface area contributed by atoms with Gasteiger partial charge in [0.15, 0.2) is 5.82 Å². The van der Waals surface area contributed by atoms with Crippen LogP contribution in [-0.2, 0) is 7.05 Å². The fraction of sp³-hybridized carbons (Fsp3) is 0.333. The number of anilines is 1. The van der Waals surface area contributed by atoms with E-state index in [1.54, 1.807) is 17.0 Å². The van der Waals surface area contributed by atoms with Gasteiger partial charge < -0.3 is 14.8 Å². The Balaban J connectivity index is 1.97. The number of carbonyl (C=O) groups is 1. The van der Waals surface area contributed by atoms with E-state index in [9.17, 15) is 4.79 Å². The molecule has 0 spiro atoms. The zero-order chi connectivity index (χ0) is 13.9. The van der Waals surface area contributed by atoms with Gasteiger partial charge in [0.2, 0.25) is 5.78 Å². The fourth-order valence-corrected chi connectivity index (χ4v) is 2.55. The van der Waals surface area contributed by atoms with Gasteiger partial charge in [-0.3, -0.25) is 4.79 Å². The zero-order valence-corrected chi connectivity index (χ0v) is 11.5. The summed E-state index contributed by atoms with van der Waals surface area (Å²) >= 11 is 0. The summed E-state index contributed by atoms with van der Waals surface area (Å²) in [5, 5.41) is 3.33. The van der Waals surface area contributed by atoms with Crippen LogP contribution in [0.15, 0.2) is 36.7 Å². The first-order chi connectivity index (χ1) is 9.77. The Morgan fingerprint density at radius 2 is 2.00 bits per heavy atom. The topological polar surface area (TPSA) is 50.2 Å². The summed E-state index contributed by atoms with van der Waals surface area (Å²) in [7, 11) is 1.84. The summed E-state index contributed by atoms with van der Waals surface area (Å²) in [6, 6.07) is 7.78. The predicted molar refractivity (Wildman–Crippen MR) is 78.2 cm³/mol. The first kappa shape index (κ1) is 12.9. The monoisotopic (exact) mass is 270 g/mol. The van der Waals surface area contributed by atoms with Gasteiger partial charge in [-0.25, -0.2) is 4.98 Å². The first-order valence-electron chi connectivity index (χ1n) is 6.84. The summed E-state index contributed by atoms with van der Waals surface area (Å²) < 4.78 is 1.76. The molecule has 2 heterocycles. The number of aromatic nitrogens is 2. The highest BCUT2D eigenvalue weighted by Gasteiger charge is 2.21. The minimum Gasteiger partial charge on any atom is -0.368 e. The number of carbonyl (C=O) groups excluding carboxylic acids is 1. The van der Waals surface area contributed by atoms with Crippen molar-refractivity contribution in [3.05, 3.63) is 48.0 Å². The van der Waals surface area contributed by atoms with Crippen LogP contribution < -0.4 is 10.2 Å². The van der Waals surface area contributed by atoms with Crippen LogP contribution in [0, 0.1) is 0 Å². The first-order valence-corrected chi connectivity index (χ1v) is 6.84. The van der Waals surface area contributed by atoms with Crippen LogP contribution in [0.4, 0.5) is 5.69 Å². The van der Waals surface area contributed by atoms with Crippen molar-refractivity contribution in [3.8, 4) is 0 Å². The molecule has 1 N–H and O–H groups in total. The van der Waals surface area contributed by atoms with Crippen LogP contribution in [0.5, 0.6) is 0 Å². The van der Waals surface area contributed by atoms with Gasteiger partial charge in [0.1, 0.15) is 0 Å². The highest BCUT2D eigenvalue weighted by Crippen LogP contribution is 2.23. The Morgan fingerprint density at radius 3 is 2.70 bits per heavy atom. The molecule has 2 aromatic rings. The second kappa shape index (κ2) is 5.46. The molecular weight excluding hydrogens is 252 g/mol. The van der Waals surface area contributed by atoms with Crippen molar-refractivity contribution in [2.75, 3.05) is 31.1 Å². The van der Waals surface area contributed by atoms with Gasteiger partial charge in [-0.05, 0) is 12.1 Å². The molecule has 0 aliphatic carbocycles. The van der Waals surface area contributed by atoms with Crippen molar-refractivity contribution in [3.63, 3.8) is 0 Å². The Labute approximate surface area is 118 Å². The fourth-order valence-electron chi connectivity index (χ4n) is 2.55. The summed E-state index contributed by atoms with van der Waals surface area (Å²) in [6.07, 6.45) is 3.45. The van der Waals surface area contributed by atoms with Crippen LogP contribution in [0.3, 0.4) is 0 Å². The standard InChI is InChI=1S/C15H18N4O/c1-18-9-8-17-15(18)14(20)12-4-2-3-5-13(12)19-10-6-16-7-11-19/h2-5,8-9,16H,6-7,10-11H2,1H3. The summed E-state index contributed by atoms with van der Waals surface area (Å²) in [4.78, 5) is 19.1. The van der Waals surface area contributed by atoms with E-state index in [1.807, 2.05) is 31.3 Å². The molecule has 0 bridgehead atoms. The molecule has 3 rings (SSSR count). The number of aryl methyl sites for hydroxylation is 1. The van der Waals surface area contributed by atoms with Crippen molar-refractivity contribution in [1.29, 1.82) is 0 Å². The number of ketones is 1. The molecule has 1 aromatic carbocycles. The van der Waals surface area contributed by atoms with E-state index < -0.39 is 0 Å². The SMILES string of the molecule is Cn1ccnc1C(=O)c1ccccc1N1CCNCC1. The van der Waals surface area contributed by atoms with Crippen molar-refractivity contribution in [1.82, 2.24) is 14.9 Å². The maximum atomic E-state index is 12.7. The van der Waals surface area contributed by atoms with Crippen LogP contribution in [0.2, 0.25) is 0 Å². The van der Waals surface area contributed by atoms with Crippen molar-refractivity contribution in [2.45, 2.75) is 0 Å². The second-order valence-corrected chi connectivity index (χ2v) is 4.95. The lowest BCUT2D eigenvalue weighted by Crippen LogP contribution is -2.44. The van der Waals surface area contributed by atoms with Gasteiger partial charge in [0, 0.05) is 56.9 Å². The van der Waals surface area contributed by atoms with Gasteiger partial charge >= 0.3 is 0 Å². The molecule has 104 valence electrons. The van der Waals surface area contributed by atoms with E-state index >= 15 is 0 Å². The molecule has 0 amide bonds. The molecule has 20 heavy (non-hydrogen) atoms. The van der Waals surface area contributed by atoms with Gasteiger partial charge in [-0.15, -0.1) is 0 Å².